The van der Waals surface area contributed by atoms with Crippen LogP contribution in [-0.2, 0) is 6.42 Å². The van der Waals surface area contributed by atoms with E-state index >= 15 is 0 Å². The molecule has 0 bridgehead atoms. The van der Waals surface area contributed by atoms with Crippen LogP contribution in [-0.4, -0.2) is 4.98 Å². The fraction of sp³-hybridized carbons (Fsp3) is 0.300. The maximum absolute atomic E-state index is 5.26. The number of nitrogens with zero attached hydrogens (tertiary/aromatic N) is 1. The number of thiazole rings is 1. The first-order valence-electron chi connectivity index (χ1n) is 4.38. The molecule has 13 heavy (non-hydrogen) atoms. The zero-order valence-corrected chi connectivity index (χ0v) is 8.30. The van der Waals surface area contributed by atoms with Crippen molar-refractivity contribution in [2.24, 2.45) is 0 Å². The molecule has 0 aliphatic heterocycles. The van der Waals surface area contributed by atoms with Crippen LogP contribution in [0.1, 0.15) is 19.0 Å². The van der Waals surface area contributed by atoms with E-state index in [0.29, 0.717) is 0 Å². The first kappa shape index (κ1) is 8.51. The van der Waals surface area contributed by atoms with Crippen LogP contribution in [0.25, 0.3) is 10.8 Å². The lowest BCUT2D eigenvalue weighted by molar-refractivity contribution is 0.581. The van der Waals surface area contributed by atoms with Gasteiger partial charge in [0.1, 0.15) is 0 Å². The monoisotopic (exact) mass is 193 g/mol. The Morgan fingerprint density at radius 3 is 3.15 bits per heavy atom. The van der Waals surface area contributed by atoms with Crippen molar-refractivity contribution < 1.29 is 4.42 Å². The van der Waals surface area contributed by atoms with Crippen LogP contribution >= 0.6 is 11.3 Å². The Morgan fingerprint density at radius 1 is 1.54 bits per heavy atom. The maximum Gasteiger partial charge on any atom is 0.162 e. The molecular formula is C10H11NOS. The average Bonchev–Trinajstić information content (AvgIpc) is 2.70. The van der Waals surface area contributed by atoms with Gasteiger partial charge in [0.05, 0.1) is 12.0 Å². The number of furan rings is 1. The molecule has 0 amide bonds. The van der Waals surface area contributed by atoms with E-state index in [0.717, 1.165) is 23.6 Å². The minimum Gasteiger partial charge on any atom is -0.462 e. The SMILES string of the molecule is CCCc1csc(-c2ccco2)n1. The van der Waals surface area contributed by atoms with Gasteiger partial charge in [0, 0.05) is 5.38 Å². The maximum atomic E-state index is 5.26. The summed E-state index contributed by atoms with van der Waals surface area (Å²) in [5.74, 6) is 0.868. The molecular weight excluding hydrogens is 182 g/mol. The first-order chi connectivity index (χ1) is 6.40. The van der Waals surface area contributed by atoms with E-state index in [-0.39, 0.29) is 0 Å². The molecule has 0 radical (unpaired) electrons. The number of aryl methyl sites for hydroxylation is 1. The molecule has 0 aliphatic rings. The highest BCUT2D eigenvalue weighted by molar-refractivity contribution is 7.13. The molecule has 2 aromatic rings. The lowest BCUT2D eigenvalue weighted by Gasteiger charge is -1.88. The molecule has 0 spiro atoms. The van der Waals surface area contributed by atoms with Gasteiger partial charge in [-0.05, 0) is 18.6 Å². The quantitative estimate of drug-likeness (QED) is 0.747. The summed E-state index contributed by atoms with van der Waals surface area (Å²) in [5, 5.41) is 3.08. The Morgan fingerprint density at radius 2 is 2.46 bits per heavy atom. The van der Waals surface area contributed by atoms with Gasteiger partial charge in [-0.1, -0.05) is 13.3 Å². The van der Waals surface area contributed by atoms with Crippen molar-refractivity contribution in [3.05, 3.63) is 29.5 Å². The van der Waals surface area contributed by atoms with Gasteiger partial charge in [-0.2, -0.15) is 0 Å². The Labute approximate surface area is 81.2 Å². The van der Waals surface area contributed by atoms with E-state index in [9.17, 15) is 0 Å². The van der Waals surface area contributed by atoms with Gasteiger partial charge >= 0.3 is 0 Å². The molecule has 0 saturated heterocycles. The second-order valence-corrected chi connectivity index (χ2v) is 3.73. The molecule has 2 rings (SSSR count). The molecule has 0 N–H and O–H groups in total. The van der Waals surface area contributed by atoms with Gasteiger partial charge in [-0.3, -0.25) is 0 Å². The van der Waals surface area contributed by atoms with Crippen LogP contribution in [0.4, 0.5) is 0 Å². The molecule has 0 atom stereocenters. The zero-order valence-electron chi connectivity index (χ0n) is 7.49. The Balaban J connectivity index is 2.23. The van der Waals surface area contributed by atoms with Crippen molar-refractivity contribution >= 4 is 11.3 Å². The second-order valence-electron chi connectivity index (χ2n) is 2.87. The predicted molar refractivity (Wildman–Crippen MR) is 53.8 cm³/mol. The third-order valence-electron chi connectivity index (χ3n) is 1.79. The van der Waals surface area contributed by atoms with Crippen molar-refractivity contribution in [2.45, 2.75) is 19.8 Å². The van der Waals surface area contributed by atoms with Crippen LogP contribution in [0.5, 0.6) is 0 Å². The molecule has 2 nitrogen and oxygen atoms in total. The third-order valence-corrected chi connectivity index (χ3v) is 2.70. The standard InChI is InChI=1S/C10H11NOS/c1-2-4-8-7-13-10(11-8)9-5-3-6-12-9/h3,5-7H,2,4H2,1H3. The van der Waals surface area contributed by atoms with Crippen molar-refractivity contribution in [3.63, 3.8) is 0 Å². The minimum atomic E-state index is 0.868. The smallest absolute Gasteiger partial charge is 0.162 e. The van der Waals surface area contributed by atoms with Crippen molar-refractivity contribution in [3.8, 4) is 10.8 Å². The lowest BCUT2D eigenvalue weighted by Crippen LogP contribution is -1.81. The molecule has 0 aliphatic carbocycles. The highest BCUT2D eigenvalue weighted by atomic mass is 32.1. The highest BCUT2D eigenvalue weighted by Gasteiger charge is 2.05. The Bertz CT molecular complexity index is 364. The molecule has 2 aromatic heterocycles. The largest absolute Gasteiger partial charge is 0.462 e. The third kappa shape index (κ3) is 1.80. The molecule has 3 heteroatoms. The summed E-state index contributed by atoms with van der Waals surface area (Å²) in [7, 11) is 0. The summed E-state index contributed by atoms with van der Waals surface area (Å²) in [6.07, 6.45) is 3.87. The number of aromatic nitrogens is 1. The van der Waals surface area contributed by atoms with E-state index in [1.807, 2.05) is 12.1 Å². The van der Waals surface area contributed by atoms with Crippen LogP contribution in [0.15, 0.2) is 28.2 Å². The van der Waals surface area contributed by atoms with Crippen LogP contribution in [0, 0.1) is 0 Å². The van der Waals surface area contributed by atoms with E-state index in [4.69, 9.17) is 4.42 Å². The van der Waals surface area contributed by atoms with Crippen molar-refractivity contribution in [2.75, 3.05) is 0 Å². The van der Waals surface area contributed by atoms with Gasteiger partial charge in [0.2, 0.25) is 0 Å². The molecule has 0 aromatic carbocycles. The van der Waals surface area contributed by atoms with Gasteiger partial charge in [0.15, 0.2) is 10.8 Å². The number of hydrogen-bond acceptors (Lipinski definition) is 3. The summed E-state index contributed by atoms with van der Waals surface area (Å²) >= 11 is 1.64. The predicted octanol–water partition coefficient (Wildman–Crippen LogP) is 3.36. The average molecular weight is 193 g/mol. The fourth-order valence-corrected chi connectivity index (χ4v) is 2.01. The van der Waals surface area contributed by atoms with Gasteiger partial charge in [0.25, 0.3) is 0 Å². The Hall–Kier alpha value is -1.09. The number of hydrogen-bond donors (Lipinski definition) is 0. The van der Waals surface area contributed by atoms with Crippen LogP contribution in [0.2, 0.25) is 0 Å². The molecule has 2 heterocycles. The minimum absolute atomic E-state index is 0.868. The van der Waals surface area contributed by atoms with E-state index in [1.54, 1.807) is 17.6 Å². The molecule has 0 saturated carbocycles. The van der Waals surface area contributed by atoms with Crippen molar-refractivity contribution in [1.29, 1.82) is 0 Å². The first-order valence-corrected chi connectivity index (χ1v) is 5.26. The van der Waals surface area contributed by atoms with E-state index in [1.165, 1.54) is 5.69 Å². The Kier molecular flexibility index (Phi) is 2.45. The number of rotatable bonds is 3. The summed E-state index contributed by atoms with van der Waals surface area (Å²) < 4.78 is 5.26. The van der Waals surface area contributed by atoms with E-state index < -0.39 is 0 Å². The highest BCUT2D eigenvalue weighted by Crippen LogP contribution is 2.24. The fourth-order valence-electron chi connectivity index (χ4n) is 1.19. The summed E-state index contributed by atoms with van der Waals surface area (Å²) in [4.78, 5) is 4.47. The summed E-state index contributed by atoms with van der Waals surface area (Å²) in [6, 6.07) is 3.82. The van der Waals surface area contributed by atoms with Crippen LogP contribution in [0.3, 0.4) is 0 Å². The normalized spacial score (nSPS) is 10.5. The molecule has 0 unspecified atom stereocenters. The van der Waals surface area contributed by atoms with Gasteiger partial charge < -0.3 is 4.42 Å². The van der Waals surface area contributed by atoms with E-state index in [2.05, 4.69) is 17.3 Å². The van der Waals surface area contributed by atoms with Crippen LogP contribution < -0.4 is 0 Å². The lowest BCUT2D eigenvalue weighted by atomic mass is 10.3. The van der Waals surface area contributed by atoms with Crippen molar-refractivity contribution in [1.82, 2.24) is 4.98 Å². The second kappa shape index (κ2) is 3.75. The zero-order chi connectivity index (χ0) is 9.10. The summed E-state index contributed by atoms with van der Waals surface area (Å²) in [5.41, 5.74) is 1.17. The van der Waals surface area contributed by atoms with Gasteiger partial charge in [-0.15, -0.1) is 11.3 Å². The molecule has 68 valence electrons. The molecule has 0 fully saturated rings. The summed E-state index contributed by atoms with van der Waals surface area (Å²) in [6.45, 7) is 2.16. The topological polar surface area (TPSA) is 26.0 Å². The van der Waals surface area contributed by atoms with Gasteiger partial charge in [-0.25, -0.2) is 4.98 Å².